The van der Waals surface area contributed by atoms with E-state index < -0.39 is 5.60 Å². The lowest BCUT2D eigenvalue weighted by Crippen LogP contribution is -2.40. The summed E-state index contributed by atoms with van der Waals surface area (Å²) in [7, 11) is 1.62. The molecule has 0 aliphatic carbocycles. The zero-order valence-electron chi connectivity index (χ0n) is 12.1. The molecule has 104 valence electrons. The lowest BCUT2D eigenvalue weighted by molar-refractivity contribution is 0.0241. The smallest absolute Gasteiger partial charge is 0.410 e. The van der Waals surface area contributed by atoms with Crippen LogP contribution in [0.15, 0.2) is 12.3 Å². The number of amides is 1. The van der Waals surface area contributed by atoms with Crippen LogP contribution >= 0.6 is 0 Å². The Hall–Kier alpha value is -1.19. The highest BCUT2D eigenvalue weighted by atomic mass is 16.6. The summed E-state index contributed by atoms with van der Waals surface area (Å²) in [6, 6.07) is 0.0878. The predicted molar refractivity (Wildman–Crippen MR) is 71.3 cm³/mol. The Morgan fingerprint density at radius 3 is 2.61 bits per heavy atom. The van der Waals surface area contributed by atoms with Crippen molar-refractivity contribution in [1.29, 1.82) is 0 Å². The molecule has 0 spiro atoms. The second-order valence-electron chi connectivity index (χ2n) is 5.69. The van der Waals surface area contributed by atoms with Crippen molar-refractivity contribution in [3.05, 3.63) is 12.3 Å². The molecule has 2 atom stereocenters. The van der Waals surface area contributed by atoms with Crippen molar-refractivity contribution in [2.75, 3.05) is 13.7 Å². The van der Waals surface area contributed by atoms with Crippen molar-refractivity contribution in [3.8, 4) is 0 Å². The number of nitrogens with zero attached hydrogens (tertiary/aromatic N) is 1. The number of likely N-dealkylation sites (tertiary alicyclic amines) is 1. The Morgan fingerprint density at radius 1 is 1.44 bits per heavy atom. The van der Waals surface area contributed by atoms with E-state index in [1.165, 1.54) is 0 Å². The van der Waals surface area contributed by atoms with Crippen LogP contribution in [0.4, 0.5) is 4.79 Å². The predicted octanol–water partition coefficient (Wildman–Crippen LogP) is 3.18. The molecular formula is C14H25NO3. The minimum atomic E-state index is -0.448. The molecule has 4 heteroatoms. The molecule has 0 bridgehead atoms. The van der Waals surface area contributed by atoms with E-state index in [0.717, 1.165) is 19.4 Å². The highest BCUT2D eigenvalue weighted by Gasteiger charge is 2.36. The summed E-state index contributed by atoms with van der Waals surface area (Å²) in [5.74, 6) is 0.490. The highest BCUT2D eigenvalue weighted by Crippen LogP contribution is 2.29. The van der Waals surface area contributed by atoms with E-state index in [-0.39, 0.29) is 12.1 Å². The first-order chi connectivity index (χ1) is 8.39. The lowest BCUT2D eigenvalue weighted by atomic mass is 9.98. The minimum absolute atomic E-state index is 0.0878. The quantitative estimate of drug-likeness (QED) is 0.727. The van der Waals surface area contributed by atoms with Crippen LogP contribution in [0.5, 0.6) is 0 Å². The average Bonchev–Trinajstić information content (AvgIpc) is 2.66. The van der Waals surface area contributed by atoms with Crippen LogP contribution < -0.4 is 0 Å². The molecule has 1 saturated heterocycles. The zero-order valence-corrected chi connectivity index (χ0v) is 12.1. The summed E-state index contributed by atoms with van der Waals surface area (Å²) in [4.78, 5) is 13.9. The third-order valence-corrected chi connectivity index (χ3v) is 3.15. The molecule has 0 radical (unpaired) electrons. The van der Waals surface area contributed by atoms with Gasteiger partial charge in [-0.1, -0.05) is 13.3 Å². The number of methoxy groups -OCH3 is 1. The zero-order chi connectivity index (χ0) is 13.8. The molecule has 0 aromatic carbocycles. The molecule has 1 amide bonds. The van der Waals surface area contributed by atoms with Crippen LogP contribution in [-0.2, 0) is 9.47 Å². The van der Waals surface area contributed by atoms with Crippen LogP contribution in [0.3, 0.4) is 0 Å². The van der Waals surface area contributed by atoms with E-state index in [1.807, 2.05) is 26.8 Å². The van der Waals surface area contributed by atoms with Gasteiger partial charge in [-0.15, -0.1) is 0 Å². The third-order valence-electron chi connectivity index (χ3n) is 3.15. The van der Waals surface area contributed by atoms with E-state index in [1.54, 1.807) is 18.3 Å². The molecule has 0 unspecified atom stereocenters. The van der Waals surface area contributed by atoms with Crippen LogP contribution in [0.2, 0.25) is 0 Å². The second kappa shape index (κ2) is 6.12. The number of ether oxygens (including phenoxy) is 2. The molecule has 1 aliphatic heterocycles. The van der Waals surface area contributed by atoms with E-state index in [0.29, 0.717) is 5.92 Å². The number of rotatable bonds is 3. The molecule has 0 aromatic rings. The topological polar surface area (TPSA) is 38.8 Å². The van der Waals surface area contributed by atoms with Crippen molar-refractivity contribution in [3.63, 3.8) is 0 Å². The molecule has 1 fully saturated rings. The van der Waals surface area contributed by atoms with Crippen LogP contribution in [0, 0.1) is 5.92 Å². The Bertz CT molecular complexity index is 307. The van der Waals surface area contributed by atoms with Crippen molar-refractivity contribution >= 4 is 6.09 Å². The molecule has 1 rings (SSSR count). The van der Waals surface area contributed by atoms with Gasteiger partial charge in [-0.25, -0.2) is 4.79 Å². The molecule has 18 heavy (non-hydrogen) atoms. The first-order valence-corrected chi connectivity index (χ1v) is 6.58. The second-order valence-corrected chi connectivity index (χ2v) is 5.69. The third kappa shape index (κ3) is 3.93. The Labute approximate surface area is 110 Å². The normalized spacial score (nSPS) is 24.6. The molecule has 1 aliphatic rings. The summed E-state index contributed by atoms with van der Waals surface area (Å²) in [5, 5.41) is 0. The first kappa shape index (κ1) is 14.9. The molecule has 0 N–H and O–H groups in total. The van der Waals surface area contributed by atoms with Gasteiger partial charge in [-0.2, -0.15) is 0 Å². The molecule has 1 heterocycles. The Balaban J connectivity index is 2.74. The lowest BCUT2D eigenvalue weighted by Gasteiger charge is -2.28. The van der Waals surface area contributed by atoms with Crippen LogP contribution in [-0.4, -0.2) is 36.3 Å². The van der Waals surface area contributed by atoms with Gasteiger partial charge in [0.1, 0.15) is 5.60 Å². The standard InChI is InChI=1S/C14H25NO3/c1-6-11-7-9-15(12(11)8-10-17-5)13(16)18-14(2,3)4/h8,10-12H,6-7,9H2,1-5H3/b10-8-/t11-,12+/m1/s1. The fourth-order valence-corrected chi connectivity index (χ4v) is 2.28. The van der Waals surface area contributed by atoms with Gasteiger partial charge in [0.15, 0.2) is 0 Å². The fraction of sp³-hybridized carbons (Fsp3) is 0.786. The maximum Gasteiger partial charge on any atom is 0.410 e. The summed E-state index contributed by atoms with van der Waals surface area (Å²) >= 11 is 0. The maximum absolute atomic E-state index is 12.1. The summed E-state index contributed by atoms with van der Waals surface area (Å²) in [6.45, 7) is 8.57. The largest absolute Gasteiger partial charge is 0.505 e. The van der Waals surface area contributed by atoms with Crippen molar-refractivity contribution in [2.24, 2.45) is 5.92 Å². The molecule has 4 nitrogen and oxygen atoms in total. The van der Waals surface area contributed by atoms with Gasteiger partial charge in [-0.05, 0) is 39.2 Å². The van der Waals surface area contributed by atoms with Crippen LogP contribution in [0.25, 0.3) is 0 Å². The highest BCUT2D eigenvalue weighted by molar-refractivity contribution is 5.69. The maximum atomic E-state index is 12.1. The van der Waals surface area contributed by atoms with Gasteiger partial charge in [0, 0.05) is 6.54 Å². The van der Waals surface area contributed by atoms with E-state index >= 15 is 0 Å². The SMILES string of the molecule is CC[C@@H]1CCN(C(=O)OC(C)(C)C)[C@H]1/C=C\OC. The van der Waals surface area contributed by atoms with Crippen molar-refractivity contribution in [2.45, 2.75) is 52.2 Å². The summed E-state index contributed by atoms with van der Waals surface area (Å²) in [6.07, 6.45) is 5.44. The van der Waals surface area contributed by atoms with Gasteiger partial charge < -0.3 is 14.4 Å². The van der Waals surface area contributed by atoms with Gasteiger partial charge in [-0.3, -0.25) is 0 Å². The molecule has 0 saturated carbocycles. The number of carbonyl (C=O) groups is 1. The molecular weight excluding hydrogens is 230 g/mol. The van der Waals surface area contributed by atoms with Crippen LogP contribution in [0.1, 0.15) is 40.5 Å². The summed E-state index contributed by atoms with van der Waals surface area (Å²) in [5.41, 5.74) is -0.448. The Kier molecular flexibility index (Phi) is 5.05. The average molecular weight is 255 g/mol. The summed E-state index contributed by atoms with van der Waals surface area (Å²) < 4.78 is 10.4. The number of hydrogen-bond acceptors (Lipinski definition) is 3. The van der Waals surface area contributed by atoms with Crippen molar-refractivity contribution in [1.82, 2.24) is 4.90 Å². The van der Waals surface area contributed by atoms with E-state index in [9.17, 15) is 4.79 Å². The van der Waals surface area contributed by atoms with Gasteiger partial charge in [0.25, 0.3) is 0 Å². The van der Waals surface area contributed by atoms with E-state index in [4.69, 9.17) is 9.47 Å². The minimum Gasteiger partial charge on any atom is -0.505 e. The number of carbonyl (C=O) groups excluding carboxylic acids is 1. The van der Waals surface area contributed by atoms with E-state index in [2.05, 4.69) is 6.92 Å². The van der Waals surface area contributed by atoms with Gasteiger partial charge in [0.05, 0.1) is 19.4 Å². The molecule has 0 aromatic heterocycles. The fourth-order valence-electron chi connectivity index (χ4n) is 2.28. The monoisotopic (exact) mass is 255 g/mol. The van der Waals surface area contributed by atoms with Crippen molar-refractivity contribution < 1.29 is 14.3 Å². The Morgan fingerprint density at radius 2 is 2.11 bits per heavy atom. The van der Waals surface area contributed by atoms with Gasteiger partial charge in [0.2, 0.25) is 0 Å². The number of hydrogen-bond donors (Lipinski definition) is 0. The van der Waals surface area contributed by atoms with Gasteiger partial charge >= 0.3 is 6.09 Å². The first-order valence-electron chi connectivity index (χ1n) is 6.58.